The van der Waals surface area contributed by atoms with E-state index in [0.29, 0.717) is 12.4 Å². The normalized spacial score (nSPS) is 24.7. The Bertz CT molecular complexity index is 905. The monoisotopic (exact) mass is 442 g/mol. The van der Waals surface area contributed by atoms with E-state index in [1.54, 1.807) is 6.92 Å². The van der Waals surface area contributed by atoms with Crippen LogP contribution in [0, 0.1) is 0 Å². The molecule has 0 spiro atoms. The maximum Gasteiger partial charge on any atom is 0.299 e. The van der Waals surface area contributed by atoms with E-state index >= 15 is 8.78 Å². The molecule has 3 N–H and O–H groups in total. The molecule has 2 aromatic carbocycles. The molecule has 0 radical (unpaired) electrons. The Morgan fingerprint density at radius 2 is 1.80 bits per heavy atom. The van der Waals surface area contributed by atoms with Crippen molar-refractivity contribution < 1.29 is 38.4 Å². The van der Waals surface area contributed by atoms with Gasteiger partial charge in [-0.25, -0.2) is 0 Å². The van der Waals surface area contributed by atoms with Crippen LogP contribution in [-0.2, 0) is 15.5 Å². The second-order valence-corrected chi connectivity index (χ2v) is 7.25. The highest BCUT2D eigenvalue weighted by atomic mass is 35.5. The number of ketones is 1. The van der Waals surface area contributed by atoms with Gasteiger partial charge in [-0.2, -0.15) is 8.78 Å². The number of aliphatic hydroxyl groups excluding tert-OH is 3. The summed E-state index contributed by atoms with van der Waals surface area (Å²) in [6, 6.07) is 8.89. The summed E-state index contributed by atoms with van der Waals surface area (Å²) in [4.78, 5) is 12.1. The van der Waals surface area contributed by atoms with Crippen LogP contribution in [0.4, 0.5) is 8.78 Å². The zero-order valence-electron chi connectivity index (χ0n) is 16.0. The van der Waals surface area contributed by atoms with Crippen LogP contribution >= 0.6 is 11.6 Å². The predicted octanol–water partition coefficient (Wildman–Crippen LogP) is 2.60. The average Bonchev–Trinajstić information content (AvgIpc) is 2.73. The topological polar surface area (TPSA) is 96.2 Å². The zero-order valence-corrected chi connectivity index (χ0v) is 16.7. The molecule has 9 heteroatoms. The fourth-order valence-electron chi connectivity index (χ4n) is 3.29. The third-order valence-electron chi connectivity index (χ3n) is 4.91. The van der Waals surface area contributed by atoms with Crippen molar-refractivity contribution in [1.29, 1.82) is 0 Å². The number of benzene rings is 2. The molecule has 2 aromatic rings. The summed E-state index contributed by atoms with van der Waals surface area (Å²) < 4.78 is 41.1. The molecule has 0 aliphatic carbocycles. The number of rotatable bonds is 6. The average molecular weight is 443 g/mol. The van der Waals surface area contributed by atoms with E-state index in [1.807, 2.05) is 0 Å². The highest BCUT2D eigenvalue weighted by Gasteiger charge is 2.44. The fourth-order valence-corrected chi connectivity index (χ4v) is 3.53. The van der Waals surface area contributed by atoms with E-state index in [9.17, 15) is 20.1 Å². The first-order valence-electron chi connectivity index (χ1n) is 9.28. The number of aliphatic hydroxyl groups is 3. The largest absolute Gasteiger partial charge is 0.494 e. The summed E-state index contributed by atoms with van der Waals surface area (Å²) in [5.41, 5.74) is -0.804. The van der Waals surface area contributed by atoms with E-state index < -0.39 is 48.3 Å². The number of Topliss-reactive ketones (excluding diaryl/α,β-unsaturated/α-hetero) is 1. The summed E-state index contributed by atoms with van der Waals surface area (Å²) in [5.74, 6) is -4.00. The Morgan fingerprint density at radius 3 is 2.40 bits per heavy atom. The standard InChI is InChI=1S/C21H21ClF2O6/c1-2-29-13-6-4-12(5-7-13)21(23,24)14-9-11(3-8-15(14)22)20-19(28)18(27)17(26)16(10-25)30-20/h3-9,16-17,19-20,25-26,28H,2,10H2,1H3/t16-,17+,19+,20+/m1/s1. The lowest BCUT2D eigenvalue weighted by atomic mass is 9.90. The molecule has 0 unspecified atom stereocenters. The van der Waals surface area contributed by atoms with Crippen LogP contribution in [-0.4, -0.2) is 52.6 Å². The Hall–Kier alpha value is -2.10. The molecule has 3 rings (SSSR count). The zero-order chi connectivity index (χ0) is 22.1. The van der Waals surface area contributed by atoms with Gasteiger partial charge in [-0.15, -0.1) is 0 Å². The number of hydrogen-bond acceptors (Lipinski definition) is 6. The van der Waals surface area contributed by atoms with Crippen molar-refractivity contribution in [2.75, 3.05) is 13.2 Å². The first-order chi connectivity index (χ1) is 14.2. The van der Waals surface area contributed by atoms with Gasteiger partial charge in [0.15, 0.2) is 5.78 Å². The molecule has 1 saturated heterocycles. The van der Waals surface area contributed by atoms with Gasteiger partial charge in [0, 0.05) is 11.1 Å². The summed E-state index contributed by atoms with van der Waals surface area (Å²) >= 11 is 6.04. The summed E-state index contributed by atoms with van der Waals surface area (Å²) in [5, 5.41) is 29.0. The fraction of sp³-hybridized carbons (Fsp3) is 0.381. The lowest BCUT2D eigenvalue weighted by Crippen LogP contribution is -2.52. The highest BCUT2D eigenvalue weighted by molar-refractivity contribution is 6.31. The Kier molecular flexibility index (Phi) is 6.74. The Morgan fingerprint density at radius 1 is 1.13 bits per heavy atom. The molecule has 0 bridgehead atoms. The lowest BCUT2D eigenvalue weighted by Gasteiger charge is -2.35. The third kappa shape index (κ3) is 4.19. The van der Waals surface area contributed by atoms with E-state index in [2.05, 4.69) is 0 Å². The number of alkyl halides is 2. The smallest absolute Gasteiger partial charge is 0.299 e. The van der Waals surface area contributed by atoms with E-state index in [1.165, 1.54) is 36.4 Å². The Labute approximate surface area is 176 Å². The molecule has 1 aliphatic rings. The minimum atomic E-state index is -3.49. The van der Waals surface area contributed by atoms with Gasteiger partial charge in [-0.1, -0.05) is 17.7 Å². The second kappa shape index (κ2) is 8.95. The molecule has 0 aromatic heterocycles. The molecule has 0 saturated carbocycles. The van der Waals surface area contributed by atoms with Crippen molar-refractivity contribution in [2.45, 2.75) is 37.3 Å². The highest BCUT2D eigenvalue weighted by Crippen LogP contribution is 2.42. The SMILES string of the molecule is CCOc1ccc(C(F)(F)c2cc([C@@H]3O[C@H](CO)[C@H](O)C(=O)[C@@H]3O)ccc2Cl)cc1. The third-order valence-corrected chi connectivity index (χ3v) is 5.24. The molecule has 6 nitrogen and oxygen atoms in total. The van der Waals surface area contributed by atoms with Crippen molar-refractivity contribution in [3.8, 4) is 5.75 Å². The van der Waals surface area contributed by atoms with Crippen LogP contribution in [0.5, 0.6) is 5.75 Å². The number of carbonyl (C=O) groups excluding carboxylic acids is 1. The molecule has 30 heavy (non-hydrogen) atoms. The van der Waals surface area contributed by atoms with Gasteiger partial charge in [0.2, 0.25) is 0 Å². The van der Waals surface area contributed by atoms with E-state index in [-0.39, 0.29) is 16.1 Å². The van der Waals surface area contributed by atoms with Gasteiger partial charge in [-0.05, 0) is 48.9 Å². The van der Waals surface area contributed by atoms with Gasteiger partial charge in [0.1, 0.15) is 30.2 Å². The van der Waals surface area contributed by atoms with Crippen molar-refractivity contribution in [3.05, 3.63) is 64.2 Å². The first kappa shape index (κ1) is 22.6. The van der Waals surface area contributed by atoms with Crippen molar-refractivity contribution >= 4 is 17.4 Å². The second-order valence-electron chi connectivity index (χ2n) is 6.84. The molecule has 1 heterocycles. The van der Waals surface area contributed by atoms with Crippen LogP contribution < -0.4 is 4.74 Å². The first-order valence-corrected chi connectivity index (χ1v) is 9.65. The van der Waals surface area contributed by atoms with Gasteiger partial charge in [-0.3, -0.25) is 4.79 Å². The summed E-state index contributed by atoms with van der Waals surface area (Å²) in [6.45, 7) is 1.50. The van der Waals surface area contributed by atoms with Crippen molar-refractivity contribution in [3.63, 3.8) is 0 Å². The number of ether oxygens (including phenoxy) is 2. The Balaban J connectivity index is 1.97. The number of carbonyl (C=O) groups is 1. The van der Waals surface area contributed by atoms with E-state index in [0.717, 1.165) is 6.07 Å². The van der Waals surface area contributed by atoms with Gasteiger partial charge < -0.3 is 24.8 Å². The minimum absolute atomic E-state index is 0.0613. The van der Waals surface area contributed by atoms with Crippen LogP contribution in [0.15, 0.2) is 42.5 Å². The molecule has 1 aliphatic heterocycles. The minimum Gasteiger partial charge on any atom is -0.494 e. The van der Waals surface area contributed by atoms with Gasteiger partial charge >= 0.3 is 0 Å². The maximum atomic E-state index is 15.2. The van der Waals surface area contributed by atoms with Gasteiger partial charge in [0.05, 0.1) is 18.2 Å². The lowest BCUT2D eigenvalue weighted by molar-refractivity contribution is -0.189. The van der Waals surface area contributed by atoms with Gasteiger partial charge in [0.25, 0.3) is 5.92 Å². The van der Waals surface area contributed by atoms with Crippen LogP contribution in [0.2, 0.25) is 5.02 Å². The van der Waals surface area contributed by atoms with E-state index in [4.69, 9.17) is 21.1 Å². The molecule has 162 valence electrons. The summed E-state index contributed by atoms with van der Waals surface area (Å²) in [7, 11) is 0. The number of halogens is 3. The van der Waals surface area contributed by atoms with Crippen molar-refractivity contribution in [1.82, 2.24) is 0 Å². The quantitative estimate of drug-likeness (QED) is 0.636. The summed E-state index contributed by atoms with van der Waals surface area (Å²) in [6.07, 6.45) is -6.11. The van der Waals surface area contributed by atoms with Crippen LogP contribution in [0.3, 0.4) is 0 Å². The van der Waals surface area contributed by atoms with Crippen LogP contribution in [0.1, 0.15) is 29.7 Å². The predicted molar refractivity (Wildman–Crippen MR) is 104 cm³/mol. The molecular formula is C21H21ClF2O6. The number of hydrogen-bond donors (Lipinski definition) is 3. The van der Waals surface area contributed by atoms with Crippen molar-refractivity contribution in [2.24, 2.45) is 0 Å². The molecular weight excluding hydrogens is 422 g/mol. The molecule has 4 atom stereocenters. The maximum absolute atomic E-state index is 15.2. The van der Waals surface area contributed by atoms with Crippen LogP contribution in [0.25, 0.3) is 0 Å². The molecule has 1 fully saturated rings. The molecule has 0 amide bonds.